The molecule has 0 saturated carbocycles. The predicted molar refractivity (Wildman–Crippen MR) is 127 cm³/mol. The first kappa shape index (κ1) is 22.1. The largest absolute Gasteiger partial charge is 0.494 e. The maximum Gasteiger partial charge on any atom is 0.282 e. The van der Waals surface area contributed by atoms with Gasteiger partial charge in [-0.1, -0.05) is 38.1 Å². The van der Waals surface area contributed by atoms with Crippen molar-refractivity contribution in [3.8, 4) is 5.75 Å². The molecule has 6 nitrogen and oxygen atoms in total. The third-order valence-corrected chi connectivity index (χ3v) is 6.07. The highest BCUT2D eigenvalue weighted by Crippen LogP contribution is 2.36. The number of nitrogens with zero attached hydrogens (tertiary/aromatic N) is 3. The number of hydrogen-bond acceptors (Lipinski definition) is 5. The number of anilines is 1. The number of benzene rings is 2. The minimum atomic E-state index is -0.268. The van der Waals surface area contributed by atoms with Crippen LogP contribution >= 0.6 is 0 Å². The summed E-state index contributed by atoms with van der Waals surface area (Å²) in [4.78, 5) is 33.0. The van der Waals surface area contributed by atoms with Crippen LogP contribution in [0.25, 0.3) is 5.57 Å². The summed E-state index contributed by atoms with van der Waals surface area (Å²) >= 11 is 0. The average molecular weight is 434 g/mol. The molecule has 0 aromatic heterocycles. The van der Waals surface area contributed by atoms with Gasteiger partial charge < -0.3 is 14.5 Å². The summed E-state index contributed by atoms with van der Waals surface area (Å²) in [7, 11) is 0. The number of aryl methyl sites for hydroxylation is 1. The Morgan fingerprint density at radius 2 is 1.62 bits per heavy atom. The number of ether oxygens (including phenoxy) is 1. The quantitative estimate of drug-likeness (QED) is 0.623. The van der Waals surface area contributed by atoms with E-state index in [1.165, 1.54) is 4.90 Å². The summed E-state index contributed by atoms with van der Waals surface area (Å²) in [6.45, 7) is 11.0. The lowest BCUT2D eigenvalue weighted by Crippen LogP contribution is -2.47. The van der Waals surface area contributed by atoms with Gasteiger partial charge in [-0.05, 0) is 55.3 Å². The van der Waals surface area contributed by atoms with Crippen LogP contribution < -0.4 is 9.64 Å². The minimum absolute atomic E-state index is 0.244. The van der Waals surface area contributed by atoms with Gasteiger partial charge >= 0.3 is 0 Å². The molecule has 1 fully saturated rings. The van der Waals surface area contributed by atoms with E-state index in [-0.39, 0.29) is 11.8 Å². The zero-order chi connectivity index (χ0) is 22.7. The lowest BCUT2D eigenvalue weighted by atomic mass is 10.0. The van der Waals surface area contributed by atoms with Crippen LogP contribution in [0, 0.1) is 6.92 Å². The van der Waals surface area contributed by atoms with Gasteiger partial charge in [-0.25, -0.2) is 4.90 Å². The Morgan fingerprint density at radius 3 is 2.25 bits per heavy atom. The number of hydrogen-bond donors (Lipinski definition) is 0. The SMILES string of the molecule is CCCOc1ccc(C2=C(N3CCN(CC)CC3)C(=O)N(c3cccc(C)c3)C2=O)cc1. The van der Waals surface area contributed by atoms with Gasteiger partial charge in [-0.3, -0.25) is 9.59 Å². The molecule has 0 aliphatic carbocycles. The van der Waals surface area contributed by atoms with Crippen molar-refractivity contribution in [1.29, 1.82) is 0 Å². The van der Waals surface area contributed by atoms with E-state index in [1.54, 1.807) is 0 Å². The first-order chi connectivity index (χ1) is 15.5. The van der Waals surface area contributed by atoms with Gasteiger partial charge in [0.25, 0.3) is 11.8 Å². The standard InChI is InChI=1S/C26H31N3O3/c1-4-17-32-22-11-9-20(10-12-22)23-24(28-15-13-27(5-2)14-16-28)26(31)29(25(23)30)21-8-6-7-19(3)18-21/h6-12,18H,4-5,13-17H2,1-3H3. The third-order valence-electron chi connectivity index (χ3n) is 6.07. The number of carbonyl (C=O) groups excluding carboxylic acids is 2. The number of carbonyl (C=O) groups is 2. The second kappa shape index (κ2) is 9.57. The molecular weight excluding hydrogens is 402 g/mol. The molecule has 168 valence electrons. The van der Waals surface area contributed by atoms with Crippen molar-refractivity contribution in [3.63, 3.8) is 0 Å². The van der Waals surface area contributed by atoms with E-state index in [0.29, 0.717) is 23.6 Å². The molecule has 0 atom stereocenters. The number of amides is 2. The van der Waals surface area contributed by atoms with E-state index in [1.807, 2.05) is 55.5 Å². The normalized spacial score (nSPS) is 17.5. The highest BCUT2D eigenvalue weighted by molar-refractivity contribution is 6.45. The lowest BCUT2D eigenvalue weighted by Gasteiger charge is -2.36. The molecule has 2 aliphatic rings. The van der Waals surface area contributed by atoms with Gasteiger partial charge in [0, 0.05) is 26.2 Å². The van der Waals surface area contributed by atoms with Crippen LogP contribution in [-0.2, 0) is 9.59 Å². The fraction of sp³-hybridized carbons (Fsp3) is 0.385. The van der Waals surface area contributed by atoms with Crippen molar-refractivity contribution in [2.75, 3.05) is 44.2 Å². The monoisotopic (exact) mass is 433 g/mol. The van der Waals surface area contributed by atoms with Gasteiger partial charge in [0.1, 0.15) is 11.4 Å². The van der Waals surface area contributed by atoms with Crippen LogP contribution in [0.1, 0.15) is 31.4 Å². The van der Waals surface area contributed by atoms with Crippen LogP contribution in [0.3, 0.4) is 0 Å². The second-order valence-electron chi connectivity index (χ2n) is 8.30. The van der Waals surface area contributed by atoms with Crippen molar-refractivity contribution in [3.05, 3.63) is 65.4 Å². The summed E-state index contributed by atoms with van der Waals surface area (Å²) in [6.07, 6.45) is 0.930. The Bertz CT molecular complexity index is 1020. The highest BCUT2D eigenvalue weighted by Gasteiger charge is 2.43. The van der Waals surface area contributed by atoms with Crippen LogP contribution in [0.15, 0.2) is 54.2 Å². The van der Waals surface area contributed by atoms with E-state index < -0.39 is 0 Å². The van der Waals surface area contributed by atoms with Gasteiger partial charge in [0.15, 0.2) is 0 Å². The fourth-order valence-electron chi connectivity index (χ4n) is 4.30. The minimum Gasteiger partial charge on any atom is -0.494 e. The fourth-order valence-corrected chi connectivity index (χ4v) is 4.30. The number of imide groups is 1. The molecule has 2 amide bonds. The summed E-state index contributed by atoms with van der Waals surface area (Å²) in [5.41, 5.74) is 3.35. The molecule has 0 spiro atoms. The number of piperazine rings is 1. The Kier molecular flexibility index (Phi) is 6.61. The second-order valence-corrected chi connectivity index (χ2v) is 8.30. The Morgan fingerprint density at radius 1 is 0.906 bits per heavy atom. The summed E-state index contributed by atoms with van der Waals surface area (Å²) in [6, 6.07) is 15.1. The van der Waals surface area contributed by atoms with Gasteiger partial charge in [0.05, 0.1) is 17.9 Å². The van der Waals surface area contributed by atoms with Crippen molar-refractivity contribution < 1.29 is 14.3 Å². The third kappa shape index (κ3) is 4.28. The molecule has 2 heterocycles. The molecule has 0 unspecified atom stereocenters. The Balaban J connectivity index is 1.73. The lowest BCUT2D eigenvalue weighted by molar-refractivity contribution is -0.120. The van der Waals surface area contributed by atoms with E-state index in [4.69, 9.17) is 4.74 Å². The molecule has 6 heteroatoms. The predicted octanol–water partition coefficient (Wildman–Crippen LogP) is 3.71. The van der Waals surface area contributed by atoms with Crippen LogP contribution in [0.4, 0.5) is 5.69 Å². The van der Waals surface area contributed by atoms with Gasteiger partial charge in [-0.15, -0.1) is 0 Å². The first-order valence-electron chi connectivity index (χ1n) is 11.4. The maximum absolute atomic E-state index is 13.6. The molecule has 2 aliphatic heterocycles. The van der Waals surface area contributed by atoms with Crippen LogP contribution in [0.2, 0.25) is 0 Å². The van der Waals surface area contributed by atoms with Crippen LogP contribution in [-0.4, -0.2) is 60.9 Å². The molecule has 0 radical (unpaired) electrons. The summed E-state index contributed by atoms with van der Waals surface area (Å²) < 4.78 is 5.70. The topological polar surface area (TPSA) is 53.1 Å². The average Bonchev–Trinajstić information content (AvgIpc) is 3.08. The molecule has 4 rings (SSSR count). The van der Waals surface area contributed by atoms with Crippen molar-refractivity contribution in [2.45, 2.75) is 27.2 Å². The van der Waals surface area contributed by atoms with E-state index in [2.05, 4.69) is 23.6 Å². The molecule has 2 aromatic rings. The first-order valence-corrected chi connectivity index (χ1v) is 11.4. The summed E-state index contributed by atoms with van der Waals surface area (Å²) in [5, 5.41) is 0. The van der Waals surface area contributed by atoms with Crippen molar-refractivity contribution in [1.82, 2.24) is 9.80 Å². The van der Waals surface area contributed by atoms with Crippen molar-refractivity contribution >= 4 is 23.1 Å². The van der Waals surface area contributed by atoms with E-state index >= 15 is 0 Å². The zero-order valence-corrected chi connectivity index (χ0v) is 19.1. The smallest absolute Gasteiger partial charge is 0.282 e. The maximum atomic E-state index is 13.6. The van der Waals surface area contributed by atoms with Crippen LogP contribution in [0.5, 0.6) is 5.75 Å². The molecule has 0 bridgehead atoms. The Hall–Kier alpha value is -3.12. The summed E-state index contributed by atoms with van der Waals surface area (Å²) in [5.74, 6) is 0.254. The Labute approximate surface area is 190 Å². The number of rotatable bonds is 7. The van der Waals surface area contributed by atoms with E-state index in [0.717, 1.165) is 56.0 Å². The molecule has 32 heavy (non-hydrogen) atoms. The highest BCUT2D eigenvalue weighted by atomic mass is 16.5. The van der Waals surface area contributed by atoms with Gasteiger partial charge in [0.2, 0.25) is 0 Å². The van der Waals surface area contributed by atoms with Crippen molar-refractivity contribution in [2.24, 2.45) is 0 Å². The molecule has 2 aromatic carbocycles. The van der Waals surface area contributed by atoms with Gasteiger partial charge in [-0.2, -0.15) is 0 Å². The zero-order valence-electron chi connectivity index (χ0n) is 19.1. The molecule has 1 saturated heterocycles. The molecule has 0 N–H and O–H groups in total. The number of likely N-dealkylation sites (N-methyl/N-ethyl adjacent to an activating group) is 1. The van der Waals surface area contributed by atoms with E-state index in [9.17, 15) is 9.59 Å². The molecular formula is C26H31N3O3.